The molecule has 12 heteroatoms. The van der Waals surface area contributed by atoms with Gasteiger partial charge in [-0.05, 0) is 106 Å². The van der Waals surface area contributed by atoms with Gasteiger partial charge in [0.2, 0.25) is 0 Å². The molecule has 12 nitrogen and oxygen atoms in total. The number of rotatable bonds is 40. The zero-order chi connectivity index (χ0) is 57.7. The van der Waals surface area contributed by atoms with Crippen molar-refractivity contribution < 1.29 is 57.6 Å². The molecule has 456 valence electrons. The van der Waals surface area contributed by atoms with E-state index < -0.39 is 42.9 Å². The van der Waals surface area contributed by atoms with Crippen molar-refractivity contribution in [3.63, 3.8) is 0 Å². The number of hydrogen-bond acceptors (Lipinski definition) is 12. The van der Waals surface area contributed by atoms with Gasteiger partial charge in [-0.2, -0.15) is 0 Å². The Morgan fingerprint density at radius 3 is 1.55 bits per heavy atom. The summed E-state index contributed by atoms with van der Waals surface area (Å²) in [6.45, 7) is 5.69. The topological polar surface area (TPSA) is 141 Å². The van der Waals surface area contributed by atoms with Crippen LogP contribution in [-0.4, -0.2) is 102 Å². The van der Waals surface area contributed by atoms with Gasteiger partial charge in [0.25, 0.3) is 0 Å². The van der Waals surface area contributed by atoms with Gasteiger partial charge in [0.15, 0.2) is 6.29 Å². The van der Waals surface area contributed by atoms with Gasteiger partial charge in [-0.3, -0.25) is 0 Å². The number of benzene rings is 4. The predicted molar refractivity (Wildman–Crippen MR) is 324 cm³/mol. The maximum Gasteiger partial charge on any atom is 0.334 e. The van der Waals surface area contributed by atoms with E-state index >= 15 is 0 Å². The minimum absolute atomic E-state index is 0.0775. The van der Waals surface area contributed by atoms with E-state index in [4.69, 9.17) is 42.6 Å². The number of esters is 1. The highest BCUT2D eigenvalue weighted by Crippen LogP contribution is 2.38. The van der Waals surface area contributed by atoms with Crippen LogP contribution < -0.4 is 0 Å². The molecule has 0 saturated carbocycles. The van der Waals surface area contributed by atoms with Gasteiger partial charge in [0, 0.05) is 5.57 Å². The van der Waals surface area contributed by atoms with Crippen LogP contribution in [0.2, 0.25) is 0 Å². The Morgan fingerprint density at radius 2 is 0.988 bits per heavy atom. The fraction of sp³-hybridized carbons (Fsp3) is 0.620. The van der Waals surface area contributed by atoms with Gasteiger partial charge in [-0.15, -0.1) is 0 Å². The molecule has 0 radical (unpaired) electrons. The van der Waals surface area contributed by atoms with Crippen molar-refractivity contribution in [3.05, 3.63) is 155 Å². The maximum atomic E-state index is 11.9. The van der Waals surface area contributed by atoms with Crippen molar-refractivity contribution in [2.45, 2.75) is 274 Å². The van der Waals surface area contributed by atoms with Crippen LogP contribution in [0.4, 0.5) is 0 Å². The molecule has 3 saturated heterocycles. The molecule has 0 aromatic heterocycles. The third kappa shape index (κ3) is 22.2. The quantitative estimate of drug-likeness (QED) is 0.0324. The molecule has 8 rings (SSSR count). The summed E-state index contributed by atoms with van der Waals surface area (Å²) in [4.78, 5) is 11.9. The SMILES string of the molecule is CCCCCC[C@H](O)CCC[C@H](O[C@@H]1O[C@H](COCc2ccccc2)[C@@H](OCc2ccccc2)[C@H](OCc2ccccc2)[C@H]1OCc1ccccc1)[C@H]1CC[C@H]([C@H]2CC[C@H]([C@H](O)CCCCCCCCCCCCC3=C[C@H](C)OC3=O)O2)O1. The minimum Gasteiger partial charge on any atom is -0.455 e. The number of carbonyl (C=O) groups is 1. The summed E-state index contributed by atoms with van der Waals surface area (Å²) < 4.78 is 61.3. The molecule has 4 aromatic carbocycles. The first-order chi connectivity index (χ1) is 40.8. The highest BCUT2D eigenvalue weighted by Gasteiger charge is 2.51. The first-order valence-electron chi connectivity index (χ1n) is 32.3. The van der Waals surface area contributed by atoms with Crippen LogP contribution in [-0.2, 0) is 73.9 Å². The lowest BCUT2D eigenvalue weighted by Crippen LogP contribution is -2.62. The van der Waals surface area contributed by atoms with E-state index in [1.807, 2.05) is 85.8 Å². The van der Waals surface area contributed by atoms with E-state index in [1.165, 1.54) is 44.9 Å². The monoisotopic (exact) mass is 1140 g/mol. The Hall–Kier alpha value is -4.31. The lowest BCUT2D eigenvalue weighted by molar-refractivity contribution is -0.341. The first kappa shape index (κ1) is 64.7. The van der Waals surface area contributed by atoms with Gasteiger partial charge in [0.05, 0.1) is 75.8 Å². The summed E-state index contributed by atoms with van der Waals surface area (Å²) in [5, 5.41) is 22.7. The maximum absolute atomic E-state index is 11.9. The molecule has 2 N–H and O–H groups in total. The Balaban J connectivity index is 0.916. The minimum atomic E-state index is -0.898. The second kappa shape index (κ2) is 36.6. The van der Waals surface area contributed by atoms with Crippen LogP contribution in [0.25, 0.3) is 0 Å². The number of ether oxygens (including phenoxy) is 9. The number of aliphatic hydroxyl groups is 2. The molecule has 0 amide bonds. The molecule has 4 aliphatic rings. The van der Waals surface area contributed by atoms with Crippen molar-refractivity contribution in [3.8, 4) is 0 Å². The number of carbonyl (C=O) groups excluding carboxylic acids is 1. The molecular formula is C71H100O12. The number of cyclic esters (lactones) is 1. The fourth-order valence-corrected chi connectivity index (χ4v) is 12.4. The van der Waals surface area contributed by atoms with E-state index in [0.717, 1.165) is 124 Å². The normalized spacial score (nSPS) is 25.5. The Morgan fingerprint density at radius 1 is 0.506 bits per heavy atom. The molecular weight excluding hydrogens is 1040 g/mol. The molecule has 13 atom stereocenters. The van der Waals surface area contributed by atoms with Crippen LogP contribution in [0, 0.1) is 0 Å². The molecule has 4 aromatic rings. The van der Waals surface area contributed by atoms with Crippen LogP contribution in [0.15, 0.2) is 133 Å². The summed E-state index contributed by atoms with van der Waals surface area (Å²) in [6, 6.07) is 40.7. The smallest absolute Gasteiger partial charge is 0.334 e. The number of hydrogen-bond donors (Lipinski definition) is 2. The van der Waals surface area contributed by atoms with E-state index in [9.17, 15) is 15.0 Å². The van der Waals surface area contributed by atoms with Crippen molar-refractivity contribution in [1.29, 1.82) is 0 Å². The third-order valence-electron chi connectivity index (χ3n) is 17.2. The van der Waals surface area contributed by atoms with Gasteiger partial charge in [-0.1, -0.05) is 212 Å². The van der Waals surface area contributed by atoms with Gasteiger partial charge >= 0.3 is 5.97 Å². The lowest BCUT2D eigenvalue weighted by Gasteiger charge is -2.47. The van der Waals surface area contributed by atoms with E-state index in [2.05, 4.69) is 55.5 Å². The summed E-state index contributed by atoms with van der Waals surface area (Å²) in [7, 11) is 0. The van der Waals surface area contributed by atoms with Crippen molar-refractivity contribution >= 4 is 5.97 Å². The third-order valence-corrected chi connectivity index (χ3v) is 17.2. The van der Waals surface area contributed by atoms with Crippen molar-refractivity contribution in [2.75, 3.05) is 6.61 Å². The number of aliphatic hydroxyl groups excluding tert-OH is 2. The molecule has 4 heterocycles. The van der Waals surface area contributed by atoms with Gasteiger partial charge in [-0.25, -0.2) is 4.79 Å². The predicted octanol–water partition coefficient (Wildman–Crippen LogP) is 14.6. The summed E-state index contributed by atoms with van der Waals surface area (Å²) >= 11 is 0. The largest absolute Gasteiger partial charge is 0.455 e. The summed E-state index contributed by atoms with van der Waals surface area (Å²) in [5.41, 5.74) is 4.98. The van der Waals surface area contributed by atoms with Crippen LogP contribution in [0.3, 0.4) is 0 Å². The van der Waals surface area contributed by atoms with Gasteiger partial charge < -0.3 is 52.8 Å². The first-order valence-corrected chi connectivity index (χ1v) is 32.3. The Kier molecular flexibility index (Phi) is 28.5. The Labute approximate surface area is 497 Å². The number of unbranched alkanes of at least 4 members (excludes halogenated alkanes) is 12. The highest BCUT2D eigenvalue weighted by molar-refractivity contribution is 5.90. The fourth-order valence-electron chi connectivity index (χ4n) is 12.4. The summed E-state index contributed by atoms with van der Waals surface area (Å²) in [6.07, 6.45) is 20.3. The molecule has 0 spiro atoms. The molecule has 4 aliphatic heterocycles. The second-order valence-electron chi connectivity index (χ2n) is 24.0. The van der Waals surface area contributed by atoms with E-state index in [-0.39, 0.29) is 49.2 Å². The molecule has 0 bridgehead atoms. The zero-order valence-corrected chi connectivity index (χ0v) is 50.1. The average molecular weight is 1150 g/mol. The van der Waals surface area contributed by atoms with Gasteiger partial charge in [0.1, 0.15) is 30.5 Å². The second-order valence-corrected chi connectivity index (χ2v) is 24.0. The van der Waals surface area contributed by atoms with Crippen LogP contribution in [0.1, 0.15) is 190 Å². The zero-order valence-electron chi connectivity index (χ0n) is 50.1. The van der Waals surface area contributed by atoms with Crippen LogP contribution >= 0.6 is 0 Å². The average Bonchev–Trinajstić information content (AvgIpc) is 4.38. The summed E-state index contributed by atoms with van der Waals surface area (Å²) in [5.74, 6) is -0.135. The van der Waals surface area contributed by atoms with Crippen LogP contribution in [0.5, 0.6) is 0 Å². The van der Waals surface area contributed by atoms with E-state index in [1.54, 1.807) is 0 Å². The molecule has 3 fully saturated rings. The molecule has 0 aliphatic carbocycles. The van der Waals surface area contributed by atoms with Crippen molar-refractivity contribution in [2.24, 2.45) is 0 Å². The molecule has 0 unspecified atom stereocenters. The van der Waals surface area contributed by atoms with E-state index in [0.29, 0.717) is 39.3 Å². The highest BCUT2D eigenvalue weighted by atomic mass is 16.7. The Bertz CT molecular complexity index is 2370. The molecule has 83 heavy (non-hydrogen) atoms. The lowest BCUT2D eigenvalue weighted by atomic mass is 9.96. The van der Waals surface area contributed by atoms with Crippen molar-refractivity contribution in [1.82, 2.24) is 0 Å². The standard InChI is InChI=1S/C71H100O12/c1-3-4-5-27-39-59(72)40-29-42-62(63-45-46-65(81-63)64-44-43-61(80-64)60(73)41-28-13-11-9-7-6-8-10-12-26-38-58-47-53(2)79-70(58)74)82-71-69(78-51-57-36-24-17-25-37-57)68(77-50-56-34-22-16-23-35-56)67(76-49-55-32-20-15-21-33-55)66(83-71)52-75-48-54-30-18-14-19-31-54/h14-25,30-37,47,53,59-69,71-73H,3-13,26-29,38-46,48-52H2,1-2H3/t53-,59-,60+,61+,62-,63+,64+,65+,66+,67+,68-,69+,71+/m0/s1.